The van der Waals surface area contributed by atoms with Crippen LogP contribution in [0.4, 0.5) is 13.2 Å². The van der Waals surface area contributed by atoms with Crippen molar-refractivity contribution in [2.75, 3.05) is 6.54 Å². The average molecular weight is 314 g/mol. The predicted molar refractivity (Wildman–Crippen MR) is 78.3 cm³/mol. The van der Waals surface area contributed by atoms with Crippen molar-refractivity contribution in [3.05, 3.63) is 52.0 Å². The van der Waals surface area contributed by atoms with Gasteiger partial charge in [-0.1, -0.05) is 25.1 Å². The maximum Gasteiger partial charge on any atom is 0.416 e. The molecule has 1 aromatic heterocycles. The summed E-state index contributed by atoms with van der Waals surface area (Å²) in [7, 11) is 0. The van der Waals surface area contributed by atoms with E-state index in [1.54, 1.807) is 18.3 Å². The van der Waals surface area contributed by atoms with Crippen LogP contribution >= 0.6 is 11.3 Å². The Kier molecular flexibility index (Phi) is 5.36. The molecule has 0 spiro atoms. The topological polar surface area (TPSA) is 24.9 Å². The highest BCUT2D eigenvalue weighted by molar-refractivity contribution is 7.09. The number of halogens is 3. The highest BCUT2D eigenvalue weighted by atomic mass is 32.1. The lowest BCUT2D eigenvalue weighted by Crippen LogP contribution is -2.26. The van der Waals surface area contributed by atoms with Crippen molar-refractivity contribution in [1.29, 1.82) is 0 Å². The molecule has 1 atom stereocenters. The Labute approximate surface area is 126 Å². The lowest BCUT2D eigenvalue weighted by atomic mass is 9.97. The molecule has 2 nitrogen and oxygen atoms in total. The number of benzene rings is 1. The van der Waals surface area contributed by atoms with E-state index in [-0.39, 0.29) is 11.6 Å². The smallest absolute Gasteiger partial charge is 0.310 e. The quantitative estimate of drug-likeness (QED) is 0.852. The van der Waals surface area contributed by atoms with E-state index in [2.05, 4.69) is 10.3 Å². The number of aromatic nitrogens is 1. The first-order chi connectivity index (χ1) is 10.0. The van der Waals surface area contributed by atoms with Crippen molar-refractivity contribution < 1.29 is 13.2 Å². The molecule has 2 rings (SSSR count). The van der Waals surface area contributed by atoms with Gasteiger partial charge in [0.25, 0.3) is 0 Å². The third-order valence-electron chi connectivity index (χ3n) is 3.14. The lowest BCUT2D eigenvalue weighted by molar-refractivity contribution is -0.138. The molecule has 0 bridgehead atoms. The molecular weight excluding hydrogens is 297 g/mol. The maximum atomic E-state index is 13.2. The summed E-state index contributed by atoms with van der Waals surface area (Å²) < 4.78 is 39.5. The molecule has 6 heteroatoms. The van der Waals surface area contributed by atoms with Crippen LogP contribution in [0.25, 0.3) is 0 Å². The summed E-state index contributed by atoms with van der Waals surface area (Å²) in [6.07, 6.45) is -1.34. The maximum absolute atomic E-state index is 13.2. The van der Waals surface area contributed by atoms with Crippen LogP contribution in [-0.2, 0) is 12.6 Å². The second kappa shape index (κ2) is 7.04. The number of nitrogens with one attached hydrogen (secondary N) is 1. The molecule has 0 aliphatic rings. The molecule has 1 heterocycles. The molecule has 0 fully saturated rings. The Balaban J connectivity index is 2.32. The van der Waals surface area contributed by atoms with E-state index in [1.165, 1.54) is 17.4 Å². The van der Waals surface area contributed by atoms with Gasteiger partial charge < -0.3 is 5.32 Å². The van der Waals surface area contributed by atoms with E-state index in [1.807, 2.05) is 12.3 Å². The second-order valence-electron chi connectivity index (χ2n) is 4.72. The fourth-order valence-corrected chi connectivity index (χ4v) is 2.86. The molecule has 1 N–H and O–H groups in total. The van der Waals surface area contributed by atoms with Gasteiger partial charge in [-0.3, -0.25) is 0 Å². The van der Waals surface area contributed by atoms with Crippen LogP contribution in [0.2, 0.25) is 0 Å². The predicted octanol–water partition coefficient (Wildman–Crippen LogP) is 4.45. The third kappa shape index (κ3) is 4.28. The second-order valence-corrected chi connectivity index (χ2v) is 5.70. The van der Waals surface area contributed by atoms with Crippen molar-refractivity contribution >= 4 is 11.3 Å². The zero-order valence-electron chi connectivity index (χ0n) is 11.7. The molecule has 0 radical (unpaired) electrons. The number of thiazole rings is 1. The van der Waals surface area contributed by atoms with E-state index in [0.29, 0.717) is 13.0 Å². The highest BCUT2D eigenvalue weighted by Gasteiger charge is 2.34. The van der Waals surface area contributed by atoms with E-state index < -0.39 is 11.7 Å². The zero-order chi connectivity index (χ0) is 15.3. The van der Waals surface area contributed by atoms with Crippen molar-refractivity contribution in [1.82, 2.24) is 10.3 Å². The van der Waals surface area contributed by atoms with Gasteiger partial charge in [-0.25, -0.2) is 4.98 Å². The first-order valence-electron chi connectivity index (χ1n) is 6.80. The Bertz CT molecular complexity index is 552. The Hall–Kier alpha value is -1.40. The summed E-state index contributed by atoms with van der Waals surface area (Å²) in [6.45, 7) is 2.66. The van der Waals surface area contributed by atoms with E-state index in [9.17, 15) is 13.2 Å². The molecule has 0 saturated heterocycles. The number of hydrogen-bond donors (Lipinski definition) is 1. The van der Waals surface area contributed by atoms with E-state index in [4.69, 9.17) is 0 Å². The molecule has 1 unspecified atom stereocenters. The molecular formula is C15H17F3N2S. The molecule has 1 aromatic carbocycles. The highest BCUT2D eigenvalue weighted by Crippen LogP contribution is 2.35. The Morgan fingerprint density at radius 2 is 2.05 bits per heavy atom. The summed E-state index contributed by atoms with van der Waals surface area (Å²) >= 11 is 1.46. The van der Waals surface area contributed by atoms with Crippen molar-refractivity contribution in [3.63, 3.8) is 0 Å². The van der Waals surface area contributed by atoms with Gasteiger partial charge in [-0.2, -0.15) is 13.2 Å². The SMILES string of the molecule is CCCNC(Cc1nccs1)c1ccccc1C(F)(F)F. The van der Waals surface area contributed by atoms with E-state index in [0.717, 1.165) is 17.5 Å². The van der Waals surface area contributed by atoms with Crippen LogP contribution in [0, 0.1) is 0 Å². The van der Waals surface area contributed by atoms with Gasteiger partial charge >= 0.3 is 6.18 Å². The minimum atomic E-state index is -4.34. The average Bonchev–Trinajstić information content (AvgIpc) is 2.95. The summed E-state index contributed by atoms with van der Waals surface area (Å²) in [4.78, 5) is 4.18. The van der Waals surface area contributed by atoms with Crippen LogP contribution in [0.1, 0.15) is 35.5 Å². The van der Waals surface area contributed by atoms with Crippen LogP contribution in [0.5, 0.6) is 0 Å². The summed E-state index contributed by atoms with van der Waals surface area (Å²) in [6, 6.07) is 5.37. The number of rotatable bonds is 6. The van der Waals surface area contributed by atoms with Gasteiger partial charge in [0.1, 0.15) is 0 Å². The minimum Gasteiger partial charge on any atom is -0.310 e. The van der Waals surface area contributed by atoms with Gasteiger partial charge in [-0.15, -0.1) is 11.3 Å². The Morgan fingerprint density at radius 3 is 2.67 bits per heavy atom. The molecule has 0 amide bonds. The zero-order valence-corrected chi connectivity index (χ0v) is 12.5. The molecule has 0 saturated carbocycles. The van der Waals surface area contributed by atoms with Gasteiger partial charge in [0.2, 0.25) is 0 Å². The molecule has 0 aliphatic carbocycles. The standard InChI is InChI=1S/C15H17F3N2S/c1-2-7-19-13(10-14-20-8-9-21-14)11-5-3-4-6-12(11)15(16,17)18/h3-6,8-9,13,19H,2,7,10H2,1H3. The lowest BCUT2D eigenvalue weighted by Gasteiger charge is -2.22. The normalized spacial score (nSPS) is 13.3. The number of nitrogens with zero attached hydrogens (tertiary/aromatic N) is 1. The van der Waals surface area contributed by atoms with Crippen molar-refractivity contribution in [2.24, 2.45) is 0 Å². The minimum absolute atomic E-state index is 0.286. The number of alkyl halides is 3. The monoisotopic (exact) mass is 314 g/mol. The molecule has 2 aromatic rings. The van der Waals surface area contributed by atoms with Gasteiger partial charge in [-0.05, 0) is 24.6 Å². The van der Waals surface area contributed by atoms with Gasteiger partial charge in [0, 0.05) is 24.0 Å². The third-order valence-corrected chi connectivity index (χ3v) is 3.95. The van der Waals surface area contributed by atoms with Crippen molar-refractivity contribution in [2.45, 2.75) is 32.0 Å². The van der Waals surface area contributed by atoms with Crippen LogP contribution in [0.15, 0.2) is 35.8 Å². The fraction of sp³-hybridized carbons (Fsp3) is 0.400. The summed E-state index contributed by atoms with van der Waals surface area (Å²) in [5.41, 5.74) is -0.288. The molecule has 21 heavy (non-hydrogen) atoms. The summed E-state index contributed by atoms with van der Waals surface area (Å²) in [5, 5.41) is 5.87. The Morgan fingerprint density at radius 1 is 1.29 bits per heavy atom. The van der Waals surface area contributed by atoms with E-state index >= 15 is 0 Å². The van der Waals surface area contributed by atoms with Crippen LogP contribution < -0.4 is 5.32 Å². The fourth-order valence-electron chi connectivity index (χ4n) is 2.20. The van der Waals surface area contributed by atoms with Gasteiger partial charge in [0.15, 0.2) is 0 Å². The largest absolute Gasteiger partial charge is 0.416 e. The number of hydrogen-bond acceptors (Lipinski definition) is 3. The molecule has 114 valence electrons. The first kappa shape index (κ1) is 16.0. The first-order valence-corrected chi connectivity index (χ1v) is 7.68. The van der Waals surface area contributed by atoms with Gasteiger partial charge in [0.05, 0.1) is 10.6 Å². The van der Waals surface area contributed by atoms with Crippen molar-refractivity contribution in [3.8, 4) is 0 Å². The van der Waals surface area contributed by atoms with Crippen LogP contribution in [-0.4, -0.2) is 11.5 Å². The summed E-state index contributed by atoms with van der Waals surface area (Å²) in [5.74, 6) is 0. The molecule has 0 aliphatic heterocycles. The van der Waals surface area contributed by atoms with Crippen LogP contribution in [0.3, 0.4) is 0 Å².